The molecule has 0 heterocycles. The Hall–Kier alpha value is -4.37. The van der Waals surface area contributed by atoms with E-state index in [0.717, 1.165) is 116 Å². The van der Waals surface area contributed by atoms with Crippen molar-refractivity contribution in [3.63, 3.8) is 0 Å². The number of rotatable bonds is 72. The zero-order valence-corrected chi connectivity index (χ0v) is 62.0. The van der Waals surface area contributed by atoms with Gasteiger partial charge in [0.2, 0.25) is 0 Å². The SMILES string of the molecule is CC/C=C\C/C=C\C/C=C\C/C=C\C/C=C\C/C=C\C/C=C\C/C=C\C/C=C\C/C=C\C/C=C\CCCCCC(=O)OC(COC(=O)CCCCCCCCCCCCCCCCCCCCCCCCCCC/C=C\C/C=C\CCCCCCC)COP(=O)(O)OCCN. The Morgan fingerprint density at radius 3 is 0.874 bits per heavy atom. The van der Waals surface area contributed by atoms with E-state index in [1.165, 1.54) is 186 Å². The third kappa shape index (κ3) is 78.5. The van der Waals surface area contributed by atoms with Crippen LogP contribution in [0.4, 0.5) is 0 Å². The van der Waals surface area contributed by atoms with Crippen LogP contribution in [0.15, 0.2) is 158 Å². The summed E-state index contributed by atoms with van der Waals surface area (Å²) in [6.45, 7) is 3.60. The van der Waals surface area contributed by atoms with Crippen LogP contribution in [0.2, 0.25) is 0 Å². The number of phosphoric acid groups is 1. The van der Waals surface area contributed by atoms with E-state index in [-0.39, 0.29) is 38.6 Å². The molecule has 95 heavy (non-hydrogen) atoms. The van der Waals surface area contributed by atoms with Crippen LogP contribution in [0.3, 0.4) is 0 Å². The van der Waals surface area contributed by atoms with Gasteiger partial charge in [-0.25, -0.2) is 4.57 Å². The number of ether oxygens (including phenoxy) is 2. The summed E-state index contributed by atoms with van der Waals surface area (Å²) in [5.74, 6) is -0.865. The maximum absolute atomic E-state index is 12.8. The Morgan fingerprint density at radius 1 is 0.326 bits per heavy atom. The molecule has 0 fully saturated rings. The fourth-order valence-corrected chi connectivity index (χ4v) is 11.4. The molecule has 0 spiro atoms. The lowest BCUT2D eigenvalue weighted by Gasteiger charge is -2.19. The standard InChI is InChI=1S/C85H144NO8P/c1-3-5-7-9-11-13-15-17-19-21-23-25-27-29-31-33-35-37-39-41-43-45-47-49-51-53-55-57-59-61-63-65-67-69-71-73-75-77-84(87)91-81-83(82-93-95(89,90)92-80-79-86)94-85(88)78-76-74-72-70-68-66-64-62-60-58-56-54-52-50-48-46-44-42-40-38-36-34-32-30-28-26-24-22-20-18-16-14-12-10-8-6-4-2/h6,8,12,14-15,17-18,20-21,23-24,26,30,32,36,38,42,44,48,50,54,56,60,62,66,68,83H,3-5,7,9-11,13,16,19,22,25,27-29,31,33-35,37,39-41,43,45-47,49,51-53,55,57-59,61,63-65,67,69-82,86H2,1-2H3,(H,89,90)/b8-6-,14-12-,17-15-,20-18-,23-21-,26-24-,32-30-,38-36-,44-42-,50-48-,56-54-,62-60-,68-66-. The van der Waals surface area contributed by atoms with Crippen molar-refractivity contribution in [2.75, 3.05) is 26.4 Å². The highest BCUT2D eigenvalue weighted by Crippen LogP contribution is 2.43. The summed E-state index contributed by atoms with van der Waals surface area (Å²) in [7, 11) is -4.42. The Bertz CT molecular complexity index is 2120. The Balaban J connectivity index is 3.93. The minimum absolute atomic E-state index is 0.0411. The molecular weight excluding hydrogens is 1190 g/mol. The van der Waals surface area contributed by atoms with Crippen LogP contribution >= 0.6 is 7.82 Å². The predicted octanol–water partition coefficient (Wildman–Crippen LogP) is 26.3. The van der Waals surface area contributed by atoms with E-state index in [9.17, 15) is 19.0 Å². The molecule has 0 radical (unpaired) electrons. The molecular formula is C85H144NO8P. The smallest absolute Gasteiger partial charge is 0.462 e. The van der Waals surface area contributed by atoms with Gasteiger partial charge in [-0.1, -0.05) is 352 Å². The minimum Gasteiger partial charge on any atom is -0.462 e. The molecule has 0 rings (SSSR count). The molecule has 0 aliphatic carbocycles. The van der Waals surface area contributed by atoms with Gasteiger partial charge in [0.05, 0.1) is 13.2 Å². The maximum atomic E-state index is 12.8. The van der Waals surface area contributed by atoms with Crippen molar-refractivity contribution < 1.29 is 37.6 Å². The van der Waals surface area contributed by atoms with Gasteiger partial charge in [0.25, 0.3) is 0 Å². The van der Waals surface area contributed by atoms with Crippen molar-refractivity contribution in [3.05, 3.63) is 158 Å². The van der Waals surface area contributed by atoms with Gasteiger partial charge in [-0.05, 0) is 128 Å². The van der Waals surface area contributed by atoms with E-state index >= 15 is 0 Å². The normalized spacial score (nSPS) is 13.8. The van der Waals surface area contributed by atoms with E-state index in [1.807, 2.05) is 0 Å². The van der Waals surface area contributed by atoms with Crippen LogP contribution in [0.1, 0.15) is 335 Å². The molecule has 0 aromatic rings. The highest BCUT2D eigenvalue weighted by molar-refractivity contribution is 7.47. The maximum Gasteiger partial charge on any atom is 0.472 e. The summed E-state index contributed by atoms with van der Waals surface area (Å²) in [6.07, 6.45) is 115. The Labute approximate surface area is 585 Å². The largest absolute Gasteiger partial charge is 0.472 e. The van der Waals surface area contributed by atoms with Crippen LogP contribution in [-0.4, -0.2) is 49.3 Å². The van der Waals surface area contributed by atoms with Crippen molar-refractivity contribution in [2.45, 2.75) is 341 Å². The summed E-state index contributed by atoms with van der Waals surface area (Å²) >= 11 is 0. The third-order valence-corrected chi connectivity index (χ3v) is 17.4. The second-order valence-electron chi connectivity index (χ2n) is 25.5. The van der Waals surface area contributed by atoms with Gasteiger partial charge < -0.3 is 20.1 Å². The molecule has 0 aromatic heterocycles. The van der Waals surface area contributed by atoms with Gasteiger partial charge in [-0.15, -0.1) is 0 Å². The van der Waals surface area contributed by atoms with Crippen molar-refractivity contribution >= 4 is 19.8 Å². The van der Waals surface area contributed by atoms with Gasteiger partial charge in [0, 0.05) is 19.4 Å². The lowest BCUT2D eigenvalue weighted by atomic mass is 10.0. The van der Waals surface area contributed by atoms with Crippen LogP contribution in [-0.2, 0) is 32.7 Å². The van der Waals surface area contributed by atoms with Crippen LogP contribution in [0.5, 0.6) is 0 Å². The van der Waals surface area contributed by atoms with Crippen LogP contribution in [0.25, 0.3) is 0 Å². The summed E-state index contributed by atoms with van der Waals surface area (Å²) < 4.78 is 33.2. The van der Waals surface area contributed by atoms with Crippen LogP contribution < -0.4 is 5.73 Å². The summed E-state index contributed by atoms with van der Waals surface area (Å²) in [5, 5.41) is 0. The molecule has 0 saturated heterocycles. The average Bonchev–Trinajstić information content (AvgIpc) is 2.64. The van der Waals surface area contributed by atoms with Gasteiger partial charge in [-0.3, -0.25) is 18.6 Å². The quantitative estimate of drug-likeness (QED) is 0.0264. The fourth-order valence-electron chi connectivity index (χ4n) is 10.7. The topological polar surface area (TPSA) is 134 Å². The zero-order chi connectivity index (χ0) is 68.6. The van der Waals surface area contributed by atoms with Gasteiger partial charge in [-0.2, -0.15) is 0 Å². The molecule has 0 bridgehead atoms. The number of carbonyl (C=O) groups excluding carboxylic acids is 2. The number of carbonyl (C=O) groups is 2. The number of esters is 2. The highest BCUT2D eigenvalue weighted by Gasteiger charge is 2.26. The molecule has 9 nitrogen and oxygen atoms in total. The molecule has 10 heteroatoms. The average molecular weight is 1340 g/mol. The number of unbranched alkanes of at least 4 members (excludes halogenated alkanes) is 33. The summed E-state index contributed by atoms with van der Waals surface area (Å²) in [5.41, 5.74) is 5.41. The number of hydrogen-bond acceptors (Lipinski definition) is 8. The molecule has 0 aromatic carbocycles. The third-order valence-electron chi connectivity index (χ3n) is 16.4. The molecule has 0 aliphatic rings. The van der Waals surface area contributed by atoms with Crippen molar-refractivity contribution in [1.82, 2.24) is 0 Å². The second kappa shape index (κ2) is 78.6. The first-order valence-corrected chi connectivity index (χ1v) is 40.5. The summed E-state index contributed by atoms with van der Waals surface area (Å²) in [4.78, 5) is 35.4. The summed E-state index contributed by atoms with van der Waals surface area (Å²) in [6, 6.07) is 0. The van der Waals surface area contributed by atoms with E-state index in [2.05, 4.69) is 172 Å². The lowest BCUT2D eigenvalue weighted by Crippen LogP contribution is -2.29. The van der Waals surface area contributed by atoms with Crippen molar-refractivity contribution in [2.24, 2.45) is 5.73 Å². The van der Waals surface area contributed by atoms with Gasteiger partial charge in [0.15, 0.2) is 6.10 Å². The molecule has 2 unspecified atom stereocenters. The monoisotopic (exact) mass is 1340 g/mol. The molecule has 0 amide bonds. The second-order valence-corrected chi connectivity index (χ2v) is 26.9. The Morgan fingerprint density at radius 2 is 0.579 bits per heavy atom. The number of allylic oxidation sites excluding steroid dienone is 26. The highest BCUT2D eigenvalue weighted by atomic mass is 31.2. The number of hydrogen-bond donors (Lipinski definition) is 2. The molecule has 0 aliphatic heterocycles. The van der Waals surface area contributed by atoms with Gasteiger partial charge in [0.1, 0.15) is 6.61 Å². The number of phosphoric ester groups is 1. The van der Waals surface area contributed by atoms with E-state index in [4.69, 9.17) is 24.3 Å². The predicted molar refractivity (Wildman–Crippen MR) is 413 cm³/mol. The Kier molecular flexibility index (Phi) is 75.0. The van der Waals surface area contributed by atoms with Crippen molar-refractivity contribution in [3.8, 4) is 0 Å². The fraction of sp³-hybridized carbons (Fsp3) is 0.671. The molecule has 2 atom stereocenters. The van der Waals surface area contributed by atoms with E-state index in [1.54, 1.807) is 0 Å². The van der Waals surface area contributed by atoms with E-state index < -0.39 is 26.5 Å². The first-order valence-electron chi connectivity index (χ1n) is 39.0. The number of nitrogens with two attached hydrogens (primary N) is 1. The molecule has 542 valence electrons. The molecule has 0 saturated carbocycles. The van der Waals surface area contributed by atoms with Crippen LogP contribution in [0, 0.1) is 0 Å². The first-order chi connectivity index (χ1) is 46.8. The van der Waals surface area contributed by atoms with Crippen molar-refractivity contribution in [1.29, 1.82) is 0 Å². The van der Waals surface area contributed by atoms with Gasteiger partial charge >= 0.3 is 19.8 Å². The first kappa shape index (κ1) is 90.6. The minimum atomic E-state index is -4.42. The molecule has 3 N–H and O–H groups in total. The zero-order valence-electron chi connectivity index (χ0n) is 61.1. The lowest BCUT2D eigenvalue weighted by molar-refractivity contribution is -0.161. The van der Waals surface area contributed by atoms with E-state index in [0.29, 0.717) is 6.42 Å².